The lowest BCUT2D eigenvalue weighted by Crippen LogP contribution is -2.39. The van der Waals surface area contributed by atoms with Gasteiger partial charge in [0.1, 0.15) is 0 Å². The molecule has 1 aromatic rings. The van der Waals surface area contributed by atoms with Crippen molar-refractivity contribution >= 4 is 5.91 Å². The number of rotatable bonds is 8. The zero-order valence-corrected chi connectivity index (χ0v) is 11.9. The van der Waals surface area contributed by atoms with Crippen molar-refractivity contribution in [2.24, 2.45) is 0 Å². The molecule has 0 saturated carbocycles. The predicted molar refractivity (Wildman–Crippen MR) is 75.0 cm³/mol. The number of nitrogens with one attached hydrogen (secondary N) is 2. The van der Waals surface area contributed by atoms with Gasteiger partial charge in [0.15, 0.2) is 0 Å². The van der Waals surface area contributed by atoms with E-state index in [-0.39, 0.29) is 11.9 Å². The summed E-state index contributed by atoms with van der Waals surface area (Å²) in [5, 5.41) is 6.08. The second-order valence-electron chi connectivity index (χ2n) is 4.39. The first kappa shape index (κ1) is 15.4. The van der Waals surface area contributed by atoms with Gasteiger partial charge in [0.25, 0.3) is 0 Å². The molecule has 0 unspecified atom stereocenters. The summed E-state index contributed by atoms with van der Waals surface area (Å²) in [5.41, 5.74) is 1.02. The van der Waals surface area contributed by atoms with Gasteiger partial charge in [-0.3, -0.25) is 4.79 Å². The summed E-state index contributed by atoms with van der Waals surface area (Å²) in [5.74, 6) is 0.630. The molecule has 0 aliphatic heterocycles. The minimum absolute atomic E-state index is 0.0372. The van der Waals surface area contributed by atoms with Crippen molar-refractivity contribution in [3.63, 3.8) is 0 Å². The highest BCUT2D eigenvalue weighted by Gasteiger charge is 2.07. The quantitative estimate of drug-likeness (QED) is 0.747. The molecule has 1 amide bonds. The van der Waals surface area contributed by atoms with E-state index in [1.165, 1.54) is 0 Å². The lowest BCUT2D eigenvalue weighted by Gasteiger charge is -2.14. The van der Waals surface area contributed by atoms with Crippen LogP contribution in [0.1, 0.15) is 32.3 Å². The van der Waals surface area contributed by atoms with E-state index in [1.54, 1.807) is 19.4 Å². The Morgan fingerprint density at radius 2 is 2.11 bits per heavy atom. The van der Waals surface area contributed by atoms with Gasteiger partial charge >= 0.3 is 0 Å². The van der Waals surface area contributed by atoms with Crippen molar-refractivity contribution in [1.82, 2.24) is 15.6 Å². The Bertz CT molecular complexity index is 375. The summed E-state index contributed by atoms with van der Waals surface area (Å²) in [6, 6.07) is 4.01. The van der Waals surface area contributed by atoms with Gasteiger partial charge in [-0.1, -0.05) is 19.9 Å². The Hall–Kier alpha value is -1.62. The van der Waals surface area contributed by atoms with E-state index in [4.69, 9.17) is 4.74 Å². The third kappa shape index (κ3) is 5.70. The molecule has 0 aromatic carbocycles. The molecule has 0 bridgehead atoms. The van der Waals surface area contributed by atoms with E-state index in [1.807, 2.05) is 6.07 Å². The van der Waals surface area contributed by atoms with Crippen molar-refractivity contribution < 1.29 is 9.53 Å². The van der Waals surface area contributed by atoms with Crippen LogP contribution in [0.2, 0.25) is 0 Å². The van der Waals surface area contributed by atoms with E-state index in [2.05, 4.69) is 29.5 Å². The van der Waals surface area contributed by atoms with Crippen LogP contribution in [0.4, 0.5) is 0 Å². The topological polar surface area (TPSA) is 63.2 Å². The lowest BCUT2D eigenvalue weighted by molar-refractivity contribution is -0.121. The van der Waals surface area contributed by atoms with Crippen LogP contribution in [0.25, 0.3) is 0 Å². The number of pyridine rings is 1. The molecule has 5 heteroatoms. The Balaban J connectivity index is 2.27. The monoisotopic (exact) mass is 265 g/mol. The number of aromatic nitrogens is 1. The van der Waals surface area contributed by atoms with Gasteiger partial charge in [-0.05, 0) is 18.4 Å². The van der Waals surface area contributed by atoms with Gasteiger partial charge in [-0.15, -0.1) is 0 Å². The molecule has 1 heterocycles. The Morgan fingerprint density at radius 3 is 2.63 bits per heavy atom. The van der Waals surface area contributed by atoms with Crippen LogP contribution in [0.5, 0.6) is 5.88 Å². The number of ether oxygens (including phenoxy) is 1. The molecule has 0 saturated heterocycles. The lowest BCUT2D eigenvalue weighted by atomic mass is 10.2. The highest BCUT2D eigenvalue weighted by Crippen LogP contribution is 2.05. The second kappa shape index (κ2) is 8.48. The largest absolute Gasteiger partial charge is 0.481 e. The van der Waals surface area contributed by atoms with Gasteiger partial charge in [-0.25, -0.2) is 4.98 Å². The summed E-state index contributed by atoms with van der Waals surface area (Å²) >= 11 is 0. The zero-order chi connectivity index (χ0) is 14.1. The highest BCUT2D eigenvalue weighted by atomic mass is 16.5. The van der Waals surface area contributed by atoms with Gasteiger partial charge in [-0.2, -0.15) is 0 Å². The van der Waals surface area contributed by atoms with Crippen LogP contribution in [0.3, 0.4) is 0 Å². The van der Waals surface area contributed by atoms with Crippen LogP contribution in [-0.2, 0) is 11.3 Å². The first-order chi connectivity index (χ1) is 9.19. The third-order valence-corrected chi connectivity index (χ3v) is 2.97. The molecule has 0 fully saturated rings. The van der Waals surface area contributed by atoms with E-state index in [0.717, 1.165) is 18.4 Å². The van der Waals surface area contributed by atoms with Crippen LogP contribution in [0.15, 0.2) is 18.3 Å². The Kier molecular flexibility index (Phi) is 6.89. The van der Waals surface area contributed by atoms with E-state index in [0.29, 0.717) is 19.0 Å². The van der Waals surface area contributed by atoms with E-state index in [9.17, 15) is 4.79 Å². The number of nitrogens with zero attached hydrogens (tertiary/aromatic N) is 1. The first-order valence-electron chi connectivity index (χ1n) is 6.68. The fourth-order valence-electron chi connectivity index (χ4n) is 1.73. The minimum Gasteiger partial charge on any atom is -0.481 e. The number of amides is 1. The summed E-state index contributed by atoms with van der Waals surface area (Å²) in [4.78, 5) is 15.8. The first-order valence-corrected chi connectivity index (χ1v) is 6.68. The summed E-state index contributed by atoms with van der Waals surface area (Å²) < 4.78 is 4.98. The smallest absolute Gasteiger partial charge is 0.234 e. The molecular formula is C14H23N3O2. The molecule has 5 nitrogen and oxygen atoms in total. The molecule has 19 heavy (non-hydrogen) atoms. The SMILES string of the molecule is CCC(CC)NC(=O)CNCc1ccc(OC)nc1. The minimum atomic E-state index is 0.0372. The van der Waals surface area contributed by atoms with Crippen LogP contribution < -0.4 is 15.4 Å². The molecule has 1 aromatic heterocycles. The van der Waals surface area contributed by atoms with E-state index < -0.39 is 0 Å². The molecule has 0 aliphatic carbocycles. The molecule has 0 radical (unpaired) electrons. The zero-order valence-electron chi connectivity index (χ0n) is 11.9. The van der Waals surface area contributed by atoms with Crippen molar-refractivity contribution in [3.05, 3.63) is 23.9 Å². The molecule has 0 atom stereocenters. The molecular weight excluding hydrogens is 242 g/mol. The maximum atomic E-state index is 11.7. The number of carbonyl (C=O) groups is 1. The fraction of sp³-hybridized carbons (Fsp3) is 0.571. The Morgan fingerprint density at radius 1 is 1.37 bits per heavy atom. The van der Waals surface area contributed by atoms with Gasteiger partial charge < -0.3 is 15.4 Å². The second-order valence-corrected chi connectivity index (χ2v) is 4.39. The van der Waals surface area contributed by atoms with E-state index >= 15 is 0 Å². The van der Waals surface area contributed by atoms with Crippen LogP contribution in [-0.4, -0.2) is 30.6 Å². The van der Waals surface area contributed by atoms with Crippen LogP contribution >= 0.6 is 0 Å². The summed E-state index contributed by atoms with van der Waals surface area (Å²) in [6.07, 6.45) is 3.67. The van der Waals surface area contributed by atoms with Gasteiger partial charge in [0.05, 0.1) is 13.7 Å². The van der Waals surface area contributed by atoms with Crippen molar-refractivity contribution in [2.75, 3.05) is 13.7 Å². The molecule has 106 valence electrons. The standard InChI is InChI=1S/C14H23N3O2/c1-4-12(5-2)17-13(18)10-15-8-11-6-7-14(19-3)16-9-11/h6-7,9,12,15H,4-5,8,10H2,1-3H3,(H,17,18). The normalized spacial score (nSPS) is 10.5. The molecule has 1 rings (SSSR count). The van der Waals surface area contributed by atoms with Crippen LogP contribution in [0, 0.1) is 0 Å². The molecule has 0 aliphatic rings. The van der Waals surface area contributed by atoms with Crippen molar-refractivity contribution in [3.8, 4) is 5.88 Å². The third-order valence-electron chi connectivity index (χ3n) is 2.97. The molecule has 2 N–H and O–H groups in total. The number of methoxy groups -OCH3 is 1. The predicted octanol–water partition coefficient (Wildman–Crippen LogP) is 1.48. The Labute approximate surface area is 114 Å². The average Bonchev–Trinajstić information content (AvgIpc) is 2.45. The molecule has 0 spiro atoms. The number of carbonyl (C=O) groups excluding carboxylic acids is 1. The number of hydrogen-bond acceptors (Lipinski definition) is 4. The highest BCUT2D eigenvalue weighted by molar-refractivity contribution is 5.78. The van der Waals surface area contributed by atoms with Crippen molar-refractivity contribution in [2.45, 2.75) is 39.3 Å². The number of hydrogen-bond donors (Lipinski definition) is 2. The van der Waals surface area contributed by atoms with Gasteiger partial charge in [0, 0.05) is 24.8 Å². The summed E-state index contributed by atoms with van der Waals surface area (Å²) in [7, 11) is 1.59. The maximum absolute atomic E-state index is 11.7. The fourth-order valence-corrected chi connectivity index (χ4v) is 1.73. The maximum Gasteiger partial charge on any atom is 0.234 e. The summed E-state index contributed by atoms with van der Waals surface area (Å²) in [6.45, 7) is 5.09. The average molecular weight is 265 g/mol. The van der Waals surface area contributed by atoms with Crippen molar-refractivity contribution in [1.29, 1.82) is 0 Å². The van der Waals surface area contributed by atoms with Gasteiger partial charge in [0.2, 0.25) is 11.8 Å².